The van der Waals surface area contributed by atoms with Crippen LogP contribution in [0.4, 0.5) is 5.82 Å². The van der Waals surface area contributed by atoms with Gasteiger partial charge in [-0.05, 0) is 29.8 Å². The van der Waals surface area contributed by atoms with Crippen LogP contribution < -0.4 is 16.4 Å². The van der Waals surface area contributed by atoms with Gasteiger partial charge in [-0.2, -0.15) is 0 Å². The van der Waals surface area contributed by atoms with Crippen molar-refractivity contribution in [3.05, 3.63) is 99.1 Å². The number of amides is 1. The van der Waals surface area contributed by atoms with Crippen LogP contribution in [0.3, 0.4) is 0 Å². The van der Waals surface area contributed by atoms with Crippen molar-refractivity contribution in [1.82, 2.24) is 4.98 Å². The number of hydrogen-bond acceptors (Lipinski definition) is 4. The molecule has 0 saturated heterocycles. The average Bonchev–Trinajstić information content (AvgIpc) is 2.67. The zero-order chi connectivity index (χ0) is 18.8. The SMILES string of the molecule is O=C(Nc1cc(=O)cc[nH]1)c1cccc(-c2cc3ccccc3oc2=O)c1. The zero-order valence-electron chi connectivity index (χ0n) is 14.1. The number of aromatic nitrogens is 1. The van der Waals surface area contributed by atoms with Crippen molar-refractivity contribution in [3.8, 4) is 11.1 Å². The Hall–Kier alpha value is -3.93. The van der Waals surface area contributed by atoms with Gasteiger partial charge in [-0.25, -0.2) is 4.79 Å². The van der Waals surface area contributed by atoms with Crippen LogP contribution in [0.15, 0.2) is 86.9 Å². The number of rotatable bonds is 3. The second-order valence-electron chi connectivity index (χ2n) is 5.96. The highest BCUT2D eigenvalue weighted by Gasteiger charge is 2.12. The Bertz CT molecular complexity index is 1270. The first-order chi connectivity index (χ1) is 13.1. The minimum atomic E-state index is -0.473. The molecular weight excluding hydrogens is 344 g/mol. The average molecular weight is 358 g/mol. The lowest BCUT2D eigenvalue weighted by Gasteiger charge is -2.07. The highest BCUT2D eigenvalue weighted by Crippen LogP contribution is 2.22. The number of aromatic amines is 1. The molecule has 4 aromatic rings. The number of nitrogens with one attached hydrogen (secondary N) is 2. The number of pyridine rings is 1. The molecule has 0 aliphatic rings. The van der Waals surface area contributed by atoms with Gasteiger partial charge in [-0.1, -0.05) is 30.3 Å². The Morgan fingerprint density at radius 2 is 1.78 bits per heavy atom. The Kier molecular flexibility index (Phi) is 4.14. The maximum atomic E-state index is 12.5. The Morgan fingerprint density at radius 1 is 0.926 bits per heavy atom. The van der Waals surface area contributed by atoms with E-state index in [2.05, 4.69) is 10.3 Å². The third-order valence-electron chi connectivity index (χ3n) is 4.10. The summed E-state index contributed by atoms with van der Waals surface area (Å²) in [5.41, 5.74) is 1.11. The van der Waals surface area contributed by atoms with Crippen molar-refractivity contribution in [2.24, 2.45) is 0 Å². The summed E-state index contributed by atoms with van der Waals surface area (Å²) < 4.78 is 5.36. The van der Waals surface area contributed by atoms with Crippen molar-refractivity contribution in [2.75, 3.05) is 5.32 Å². The smallest absolute Gasteiger partial charge is 0.344 e. The summed E-state index contributed by atoms with van der Waals surface area (Å²) in [5.74, 6) is -0.105. The van der Waals surface area contributed by atoms with Gasteiger partial charge in [0.15, 0.2) is 5.43 Å². The molecule has 4 rings (SSSR count). The molecule has 27 heavy (non-hydrogen) atoms. The molecule has 0 atom stereocenters. The summed E-state index contributed by atoms with van der Waals surface area (Å²) in [5, 5.41) is 3.42. The molecule has 2 N–H and O–H groups in total. The van der Waals surface area contributed by atoms with E-state index in [1.165, 1.54) is 18.3 Å². The van der Waals surface area contributed by atoms with Crippen LogP contribution >= 0.6 is 0 Å². The molecule has 0 spiro atoms. The summed E-state index contributed by atoms with van der Waals surface area (Å²) in [6, 6.07) is 18.3. The molecule has 1 amide bonds. The van der Waals surface area contributed by atoms with Gasteiger partial charge in [-0.3, -0.25) is 9.59 Å². The number of para-hydroxylation sites is 1. The highest BCUT2D eigenvalue weighted by molar-refractivity contribution is 6.04. The van der Waals surface area contributed by atoms with Gasteiger partial charge >= 0.3 is 5.63 Å². The monoisotopic (exact) mass is 358 g/mol. The first-order valence-electron chi connectivity index (χ1n) is 8.23. The van der Waals surface area contributed by atoms with Gasteiger partial charge in [0.05, 0.1) is 5.56 Å². The summed E-state index contributed by atoms with van der Waals surface area (Å²) in [4.78, 5) is 39.0. The number of hydrogen-bond donors (Lipinski definition) is 2. The van der Waals surface area contributed by atoms with Crippen LogP contribution in [0.1, 0.15) is 10.4 Å². The number of fused-ring (bicyclic) bond motifs is 1. The van der Waals surface area contributed by atoms with Crippen molar-refractivity contribution in [2.45, 2.75) is 0 Å². The van der Waals surface area contributed by atoms with E-state index in [9.17, 15) is 14.4 Å². The number of anilines is 1. The van der Waals surface area contributed by atoms with Crippen LogP contribution in [0.25, 0.3) is 22.1 Å². The van der Waals surface area contributed by atoms with E-state index < -0.39 is 11.5 Å². The van der Waals surface area contributed by atoms with Crippen molar-refractivity contribution >= 4 is 22.7 Å². The Labute approximate surface area is 153 Å². The Balaban J connectivity index is 1.70. The van der Waals surface area contributed by atoms with Crippen molar-refractivity contribution in [3.63, 3.8) is 0 Å². The van der Waals surface area contributed by atoms with E-state index in [1.54, 1.807) is 42.5 Å². The van der Waals surface area contributed by atoms with Gasteiger partial charge in [0.25, 0.3) is 5.91 Å². The van der Waals surface area contributed by atoms with E-state index >= 15 is 0 Å². The van der Waals surface area contributed by atoms with Crippen molar-refractivity contribution < 1.29 is 9.21 Å². The second kappa shape index (κ2) is 6.76. The second-order valence-corrected chi connectivity index (χ2v) is 5.96. The molecule has 2 aromatic carbocycles. The minimum Gasteiger partial charge on any atom is -0.422 e. The third-order valence-corrected chi connectivity index (χ3v) is 4.10. The molecule has 6 heteroatoms. The van der Waals surface area contributed by atoms with Gasteiger partial charge in [0.1, 0.15) is 11.4 Å². The fraction of sp³-hybridized carbons (Fsp3) is 0. The molecule has 132 valence electrons. The van der Waals surface area contributed by atoms with E-state index in [1.807, 2.05) is 12.1 Å². The zero-order valence-corrected chi connectivity index (χ0v) is 14.1. The van der Waals surface area contributed by atoms with E-state index in [0.717, 1.165) is 5.39 Å². The molecule has 0 fully saturated rings. The molecular formula is C21H14N2O4. The van der Waals surface area contributed by atoms with Gasteiger partial charge in [0.2, 0.25) is 0 Å². The van der Waals surface area contributed by atoms with Gasteiger partial charge < -0.3 is 14.7 Å². The highest BCUT2D eigenvalue weighted by atomic mass is 16.4. The topological polar surface area (TPSA) is 92.2 Å². The van der Waals surface area contributed by atoms with Crippen LogP contribution in [-0.2, 0) is 0 Å². The molecule has 2 aromatic heterocycles. The van der Waals surface area contributed by atoms with E-state index in [-0.39, 0.29) is 5.43 Å². The van der Waals surface area contributed by atoms with Crippen LogP contribution in [0.2, 0.25) is 0 Å². The minimum absolute atomic E-state index is 0.216. The predicted octanol–water partition coefficient (Wildman–Crippen LogP) is 3.40. The number of H-pyrrole nitrogens is 1. The molecule has 0 radical (unpaired) electrons. The summed E-state index contributed by atoms with van der Waals surface area (Å²) in [6.45, 7) is 0. The number of carbonyl (C=O) groups excluding carboxylic acids is 1. The van der Waals surface area contributed by atoms with Gasteiger partial charge in [-0.15, -0.1) is 0 Å². The van der Waals surface area contributed by atoms with Crippen molar-refractivity contribution in [1.29, 1.82) is 0 Å². The molecule has 6 nitrogen and oxygen atoms in total. The molecule has 0 bridgehead atoms. The maximum Gasteiger partial charge on any atom is 0.344 e. The normalized spacial score (nSPS) is 10.7. The standard InChI is InChI=1S/C21H14N2O4/c24-16-8-9-22-19(12-16)23-20(25)15-6-3-5-13(10-15)17-11-14-4-1-2-7-18(14)27-21(17)26/h1-12H,(H2,22,23,24,25). The predicted molar refractivity (Wildman–Crippen MR) is 103 cm³/mol. The maximum absolute atomic E-state index is 12.5. The fourth-order valence-corrected chi connectivity index (χ4v) is 2.80. The fourth-order valence-electron chi connectivity index (χ4n) is 2.80. The first-order valence-corrected chi connectivity index (χ1v) is 8.23. The lowest BCUT2D eigenvalue weighted by atomic mass is 10.0. The molecule has 2 heterocycles. The van der Waals surface area contributed by atoms with Crippen LogP contribution in [0, 0.1) is 0 Å². The summed E-state index contributed by atoms with van der Waals surface area (Å²) in [6.07, 6.45) is 1.45. The van der Waals surface area contributed by atoms with Crippen LogP contribution in [0.5, 0.6) is 0 Å². The quantitative estimate of drug-likeness (QED) is 0.549. The summed E-state index contributed by atoms with van der Waals surface area (Å²) in [7, 11) is 0. The van der Waals surface area contributed by atoms with E-state index in [0.29, 0.717) is 28.1 Å². The molecule has 0 aliphatic heterocycles. The largest absolute Gasteiger partial charge is 0.422 e. The number of benzene rings is 2. The number of carbonyl (C=O) groups is 1. The Morgan fingerprint density at radius 3 is 2.63 bits per heavy atom. The third kappa shape index (κ3) is 3.41. The van der Waals surface area contributed by atoms with Crippen LogP contribution in [-0.4, -0.2) is 10.9 Å². The summed E-state index contributed by atoms with van der Waals surface area (Å²) >= 11 is 0. The first kappa shape index (κ1) is 16.5. The lowest BCUT2D eigenvalue weighted by molar-refractivity contribution is 0.102. The van der Waals surface area contributed by atoms with Gasteiger partial charge in [0, 0.05) is 29.3 Å². The molecule has 0 aliphatic carbocycles. The van der Waals surface area contributed by atoms with E-state index in [4.69, 9.17) is 4.42 Å². The lowest BCUT2D eigenvalue weighted by Crippen LogP contribution is -2.14. The molecule has 0 unspecified atom stereocenters. The molecule has 0 saturated carbocycles.